The van der Waals surface area contributed by atoms with Crippen LogP contribution in [0.3, 0.4) is 0 Å². The largest absolute Gasteiger partial charge is 0.494 e. The first kappa shape index (κ1) is 17.2. The maximum atomic E-state index is 11.8. The minimum atomic E-state index is -0.660. The van der Waals surface area contributed by atoms with Gasteiger partial charge in [-0.1, -0.05) is 0 Å². The summed E-state index contributed by atoms with van der Waals surface area (Å²) < 4.78 is 6.40. The van der Waals surface area contributed by atoms with Crippen LogP contribution in [0.2, 0.25) is 0 Å². The number of aromatic nitrogens is 2. The Morgan fingerprint density at radius 1 is 1.21 bits per heavy atom. The second kappa shape index (κ2) is 7.91. The Morgan fingerprint density at radius 3 is 2.54 bits per heavy atom. The molecule has 24 heavy (non-hydrogen) atoms. The predicted octanol–water partition coefficient (Wildman–Crippen LogP) is -0.0895. The van der Waals surface area contributed by atoms with Crippen molar-refractivity contribution in [2.24, 2.45) is 5.73 Å². The average molecular weight is 330 g/mol. The maximum absolute atomic E-state index is 11.8. The molecule has 1 aromatic heterocycles. The van der Waals surface area contributed by atoms with Crippen LogP contribution in [0.4, 0.5) is 0 Å². The first-order valence-corrected chi connectivity index (χ1v) is 7.36. The highest BCUT2D eigenvalue weighted by Gasteiger charge is 2.08. The lowest BCUT2D eigenvalue weighted by Crippen LogP contribution is -2.38. The van der Waals surface area contributed by atoms with Crippen LogP contribution in [-0.2, 0) is 16.1 Å². The van der Waals surface area contributed by atoms with Gasteiger partial charge in [0.25, 0.3) is 5.56 Å². The van der Waals surface area contributed by atoms with Crippen LogP contribution in [-0.4, -0.2) is 34.7 Å². The van der Waals surface area contributed by atoms with E-state index in [2.05, 4.69) is 10.4 Å². The summed E-state index contributed by atoms with van der Waals surface area (Å²) in [5, 5.41) is 6.48. The number of ether oxygens (including phenoxy) is 1. The van der Waals surface area contributed by atoms with Crippen LogP contribution in [0, 0.1) is 0 Å². The zero-order valence-electron chi connectivity index (χ0n) is 13.2. The zero-order chi connectivity index (χ0) is 17.5. The van der Waals surface area contributed by atoms with Gasteiger partial charge in [-0.3, -0.25) is 14.4 Å². The Balaban J connectivity index is 2.17. The number of carbonyl (C=O) groups excluding carboxylic acids is 2. The van der Waals surface area contributed by atoms with Gasteiger partial charge in [-0.25, -0.2) is 4.68 Å². The number of benzene rings is 1. The molecule has 2 aromatic rings. The van der Waals surface area contributed by atoms with E-state index >= 15 is 0 Å². The van der Waals surface area contributed by atoms with Crippen molar-refractivity contribution >= 4 is 11.8 Å². The molecule has 0 unspecified atom stereocenters. The number of nitrogens with zero attached hydrogens (tertiary/aromatic N) is 2. The number of hydrogen-bond acceptors (Lipinski definition) is 5. The van der Waals surface area contributed by atoms with Gasteiger partial charge < -0.3 is 15.8 Å². The van der Waals surface area contributed by atoms with Crippen molar-refractivity contribution in [2.75, 3.05) is 13.2 Å². The molecule has 0 saturated heterocycles. The minimum absolute atomic E-state index is 0.286. The van der Waals surface area contributed by atoms with E-state index in [1.807, 2.05) is 19.1 Å². The zero-order valence-corrected chi connectivity index (χ0v) is 13.2. The van der Waals surface area contributed by atoms with Crippen molar-refractivity contribution in [3.63, 3.8) is 0 Å². The standard InChI is InChI=1S/C16H18N4O4/c1-2-24-12-5-3-11(4-6-12)13-7-8-16(23)20(19-13)10-15(22)18-9-14(17)21/h3-8H,2,9-10H2,1H3,(H2,17,21)(H,18,22). The average Bonchev–Trinajstić information content (AvgIpc) is 2.56. The summed E-state index contributed by atoms with van der Waals surface area (Å²) in [6, 6.07) is 10.1. The van der Waals surface area contributed by atoms with Gasteiger partial charge in [0.1, 0.15) is 12.3 Å². The number of carbonyl (C=O) groups is 2. The molecule has 0 spiro atoms. The van der Waals surface area contributed by atoms with Gasteiger partial charge in [-0.15, -0.1) is 0 Å². The molecule has 0 bridgehead atoms. The van der Waals surface area contributed by atoms with Gasteiger partial charge in [0, 0.05) is 11.6 Å². The monoisotopic (exact) mass is 330 g/mol. The Labute approximate surface area is 138 Å². The molecule has 3 N–H and O–H groups in total. The van der Waals surface area contributed by atoms with Crippen LogP contribution in [0.5, 0.6) is 5.75 Å². The van der Waals surface area contributed by atoms with Gasteiger partial charge in [0.2, 0.25) is 11.8 Å². The summed E-state index contributed by atoms with van der Waals surface area (Å²) in [6.07, 6.45) is 0. The van der Waals surface area contributed by atoms with Gasteiger partial charge >= 0.3 is 0 Å². The molecule has 1 heterocycles. The molecule has 126 valence electrons. The number of primary amides is 1. The molecule has 8 nitrogen and oxygen atoms in total. The van der Waals surface area contributed by atoms with E-state index in [1.165, 1.54) is 6.07 Å². The fourth-order valence-electron chi connectivity index (χ4n) is 1.98. The number of nitrogens with one attached hydrogen (secondary N) is 1. The third kappa shape index (κ3) is 4.67. The van der Waals surface area contributed by atoms with E-state index in [1.54, 1.807) is 18.2 Å². The van der Waals surface area contributed by atoms with Crippen LogP contribution in [0.1, 0.15) is 6.92 Å². The topological polar surface area (TPSA) is 116 Å². The lowest BCUT2D eigenvalue weighted by molar-refractivity contribution is -0.125. The van der Waals surface area contributed by atoms with Crippen molar-refractivity contribution < 1.29 is 14.3 Å². The fraction of sp³-hybridized carbons (Fsp3) is 0.250. The Morgan fingerprint density at radius 2 is 1.92 bits per heavy atom. The molecule has 0 fully saturated rings. The highest BCUT2D eigenvalue weighted by atomic mass is 16.5. The molecule has 2 rings (SSSR count). The number of amides is 2. The highest BCUT2D eigenvalue weighted by molar-refractivity contribution is 5.83. The van der Waals surface area contributed by atoms with Gasteiger partial charge in [-0.05, 0) is 37.3 Å². The molecule has 0 radical (unpaired) electrons. The second-order valence-electron chi connectivity index (χ2n) is 4.91. The highest BCUT2D eigenvalue weighted by Crippen LogP contribution is 2.19. The van der Waals surface area contributed by atoms with Crippen LogP contribution >= 0.6 is 0 Å². The van der Waals surface area contributed by atoms with E-state index < -0.39 is 17.4 Å². The Kier molecular flexibility index (Phi) is 5.67. The minimum Gasteiger partial charge on any atom is -0.494 e. The van der Waals surface area contributed by atoms with Crippen molar-refractivity contribution in [1.29, 1.82) is 0 Å². The molecular formula is C16H18N4O4. The van der Waals surface area contributed by atoms with Crippen molar-refractivity contribution in [2.45, 2.75) is 13.5 Å². The molecular weight excluding hydrogens is 312 g/mol. The first-order valence-electron chi connectivity index (χ1n) is 7.36. The molecule has 0 aliphatic rings. The van der Waals surface area contributed by atoms with Gasteiger partial charge in [0.05, 0.1) is 18.8 Å². The molecule has 0 aliphatic heterocycles. The summed E-state index contributed by atoms with van der Waals surface area (Å²) in [6.45, 7) is 1.89. The van der Waals surface area contributed by atoms with Crippen LogP contribution < -0.4 is 21.3 Å². The lowest BCUT2D eigenvalue weighted by Gasteiger charge is -2.08. The molecule has 2 amide bonds. The summed E-state index contributed by atoms with van der Waals surface area (Å²) in [5.74, 6) is -0.445. The number of hydrogen-bond donors (Lipinski definition) is 2. The number of rotatable bonds is 7. The van der Waals surface area contributed by atoms with Crippen LogP contribution in [0.15, 0.2) is 41.2 Å². The molecule has 0 saturated carbocycles. The van der Waals surface area contributed by atoms with Crippen molar-refractivity contribution in [3.8, 4) is 17.0 Å². The normalized spacial score (nSPS) is 10.2. The predicted molar refractivity (Wildman–Crippen MR) is 87.3 cm³/mol. The molecule has 0 aliphatic carbocycles. The van der Waals surface area contributed by atoms with Crippen molar-refractivity contribution in [1.82, 2.24) is 15.1 Å². The second-order valence-corrected chi connectivity index (χ2v) is 4.91. The van der Waals surface area contributed by atoms with Crippen LogP contribution in [0.25, 0.3) is 11.3 Å². The van der Waals surface area contributed by atoms with E-state index in [9.17, 15) is 14.4 Å². The summed E-state index contributed by atoms with van der Waals surface area (Å²) in [7, 11) is 0. The summed E-state index contributed by atoms with van der Waals surface area (Å²) >= 11 is 0. The number of nitrogens with two attached hydrogens (primary N) is 1. The third-order valence-corrected chi connectivity index (χ3v) is 3.08. The SMILES string of the molecule is CCOc1ccc(-c2ccc(=O)n(CC(=O)NCC(N)=O)n2)cc1. The maximum Gasteiger partial charge on any atom is 0.267 e. The van der Waals surface area contributed by atoms with Gasteiger partial charge in [-0.2, -0.15) is 5.10 Å². The summed E-state index contributed by atoms with van der Waals surface area (Å²) in [4.78, 5) is 34.2. The molecule has 1 aromatic carbocycles. The van der Waals surface area contributed by atoms with Crippen molar-refractivity contribution in [3.05, 3.63) is 46.8 Å². The summed E-state index contributed by atoms with van der Waals surface area (Å²) in [5.41, 5.74) is 5.86. The molecule has 8 heteroatoms. The van der Waals surface area contributed by atoms with Gasteiger partial charge in [0.15, 0.2) is 0 Å². The van der Waals surface area contributed by atoms with E-state index in [4.69, 9.17) is 10.5 Å². The third-order valence-electron chi connectivity index (χ3n) is 3.08. The lowest BCUT2D eigenvalue weighted by atomic mass is 10.1. The Hall–Kier alpha value is -3.16. The molecule has 0 atom stereocenters. The van der Waals surface area contributed by atoms with E-state index in [0.717, 1.165) is 16.0 Å². The smallest absolute Gasteiger partial charge is 0.267 e. The van der Waals surface area contributed by atoms with E-state index in [0.29, 0.717) is 12.3 Å². The quantitative estimate of drug-likeness (QED) is 0.736. The first-order chi connectivity index (χ1) is 11.5. The van der Waals surface area contributed by atoms with E-state index in [-0.39, 0.29) is 13.1 Å². The Bertz CT molecular complexity index is 783. The fourth-order valence-corrected chi connectivity index (χ4v) is 1.98.